The Morgan fingerprint density at radius 1 is 1.21 bits per heavy atom. The Morgan fingerprint density at radius 3 is 2.88 bits per heavy atom. The minimum atomic E-state index is -0.107. The topological polar surface area (TPSA) is 57.3 Å². The fraction of sp³-hybridized carbons (Fsp3) is 0.368. The molecule has 1 saturated carbocycles. The summed E-state index contributed by atoms with van der Waals surface area (Å²) in [6.45, 7) is 0.437. The van der Waals surface area contributed by atoms with Crippen molar-refractivity contribution in [2.24, 2.45) is 5.92 Å². The Kier molecular flexibility index (Phi) is 3.63. The lowest BCUT2D eigenvalue weighted by Crippen LogP contribution is -2.38. The van der Waals surface area contributed by atoms with Gasteiger partial charge >= 0.3 is 6.03 Å². The van der Waals surface area contributed by atoms with Gasteiger partial charge in [-0.05, 0) is 35.6 Å². The molecular weight excluding hydrogens is 300 g/mol. The van der Waals surface area contributed by atoms with E-state index in [1.165, 1.54) is 11.1 Å². The molecule has 2 aliphatic rings. The number of anilines is 1. The summed E-state index contributed by atoms with van der Waals surface area (Å²) in [7, 11) is 3.91. The quantitative estimate of drug-likeness (QED) is 0.908. The third-order valence-electron chi connectivity index (χ3n) is 5.02. The van der Waals surface area contributed by atoms with E-state index in [4.69, 9.17) is 0 Å². The number of aromatic nitrogens is 1. The summed E-state index contributed by atoms with van der Waals surface area (Å²) >= 11 is 0. The largest absolute Gasteiger partial charge is 0.363 e. The first kappa shape index (κ1) is 15.0. The fourth-order valence-corrected chi connectivity index (χ4v) is 3.74. The first-order valence-corrected chi connectivity index (χ1v) is 8.39. The second kappa shape index (κ2) is 5.82. The molecule has 2 aromatic rings. The third-order valence-corrected chi connectivity index (χ3v) is 5.02. The second-order valence-corrected chi connectivity index (χ2v) is 6.83. The predicted molar refractivity (Wildman–Crippen MR) is 94.1 cm³/mol. The number of amides is 2. The summed E-state index contributed by atoms with van der Waals surface area (Å²) in [5, 5.41) is 6.03. The highest BCUT2D eigenvalue weighted by atomic mass is 16.2. The molecule has 1 fully saturated rings. The summed E-state index contributed by atoms with van der Waals surface area (Å²) in [6.07, 6.45) is 1.08. The van der Waals surface area contributed by atoms with E-state index in [2.05, 4.69) is 39.9 Å². The molecule has 0 unspecified atom stereocenters. The lowest BCUT2D eigenvalue weighted by Gasteiger charge is -2.13. The zero-order valence-electron chi connectivity index (χ0n) is 14.0. The van der Waals surface area contributed by atoms with E-state index in [9.17, 15) is 4.79 Å². The lowest BCUT2D eigenvalue weighted by atomic mass is 10.1. The van der Waals surface area contributed by atoms with Gasteiger partial charge in [-0.2, -0.15) is 0 Å². The zero-order chi connectivity index (χ0) is 16.7. The molecule has 5 nitrogen and oxygen atoms in total. The van der Waals surface area contributed by atoms with Crippen LogP contribution in [0.3, 0.4) is 0 Å². The van der Waals surface area contributed by atoms with Crippen molar-refractivity contribution in [1.82, 2.24) is 15.6 Å². The maximum atomic E-state index is 12.2. The molecule has 3 atom stereocenters. The van der Waals surface area contributed by atoms with Crippen molar-refractivity contribution in [2.45, 2.75) is 24.9 Å². The monoisotopic (exact) mass is 322 g/mol. The molecule has 0 aliphatic heterocycles. The van der Waals surface area contributed by atoms with Crippen LogP contribution in [0.25, 0.3) is 0 Å². The Morgan fingerprint density at radius 2 is 2.04 bits per heavy atom. The van der Waals surface area contributed by atoms with Gasteiger partial charge in [0.1, 0.15) is 5.82 Å². The van der Waals surface area contributed by atoms with Gasteiger partial charge in [-0.15, -0.1) is 0 Å². The number of urea groups is 1. The molecule has 0 spiro atoms. The molecule has 2 amide bonds. The van der Waals surface area contributed by atoms with E-state index < -0.39 is 0 Å². The van der Waals surface area contributed by atoms with Crippen LogP contribution in [0.2, 0.25) is 0 Å². The maximum absolute atomic E-state index is 12.2. The molecule has 1 aromatic heterocycles. The Labute approximate surface area is 142 Å². The molecule has 24 heavy (non-hydrogen) atoms. The number of pyridine rings is 1. The Hall–Kier alpha value is -2.56. The van der Waals surface area contributed by atoms with Crippen molar-refractivity contribution >= 4 is 11.8 Å². The average Bonchev–Trinajstić information content (AvgIpc) is 3.09. The van der Waals surface area contributed by atoms with Gasteiger partial charge in [0.2, 0.25) is 0 Å². The van der Waals surface area contributed by atoms with Crippen LogP contribution in [0.15, 0.2) is 42.5 Å². The predicted octanol–water partition coefficient (Wildman–Crippen LogP) is 2.29. The first-order valence-electron chi connectivity index (χ1n) is 8.39. The van der Waals surface area contributed by atoms with E-state index >= 15 is 0 Å². The van der Waals surface area contributed by atoms with Gasteiger partial charge < -0.3 is 15.5 Å². The zero-order valence-corrected chi connectivity index (χ0v) is 14.0. The van der Waals surface area contributed by atoms with Crippen molar-refractivity contribution in [3.63, 3.8) is 0 Å². The number of carbonyl (C=O) groups excluding carboxylic acids is 1. The van der Waals surface area contributed by atoms with Crippen molar-refractivity contribution in [3.8, 4) is 0 Å². The van der Waals surface area contributed by atoms with Gasteiger partial charge in [-0.25, -0.2) is 9.78 Å². The number of benzene rings is 1. The van der Waals surface area contributed by atoms with Crippen molar-refractivity contribution in [3.05, 3.63) is 59.3 Å². The minimum Gasteiger partial charge on any atom is -0.363 e. The molecule has 2 aliphatic carbocycles. The van der Waals surface area contributed by atoms with Crippen LogP contribution in [-0.2, 0) is 13.0 Å². The maximum Gasteiger partial charge on any atom is 0.315 e. The Balaban J connectivity index is 1.31. The summed E-state index contributed by atoms with van der Waals surface area (Å²) in [6, 6.07) is 14.6. The van der Waals surface area contributed by atoms with E-state index in [1.807, 2.05) is 37.2 Å². The number of nitrogens with zero attached hydrogens (tertiary/aromatic N) is 2. The van der Waals surface area contributed by atoms with Crippen molar-refractivity contribution < 1.29 is 4.79 Å². The second-order valence-electron chi connectivity index (χ2n) is 6.83. The summed E-state index contributed by atoms with van der Waals surface area (Å²) in [5.74, 6) is 1.97. The normalized spacial score (nSPS) is 23.2. The SMILES string of the molecule is CN(C)c1cccc(CNC(=O)N[C@@H]2[C@@H]3Cc4ccccc4[C@H]32)n1. The highest BCUT2D eigenvalue weighted by Gasteiger charge is 2.56. The molecular formula is C19H22N4O. The van der Waals surface area contributed by atoms with Crippen LogP contribution in [0.1, 0.15) is 22.7 Å². The van der Waals surface area contributed by atoms with Crippen LogP contribution >= 0.6 is 0 Å². The van der Waals surface area contributed by atoms with Gasteiger partial charge in [0.25, 0.3) is 0 Å². The van der Waals surface area contributed by atoms with Gasteiger partial charge in [0.15, 0.2) is 0 Å². The van der Waals surface area contributed by atoms with Crippen molar-refractivity contribution in [2.75, 3.05) is 19.0 Å². The molecule has 1 aromatic carbocycles. The Bertz CT molecular complexity index is 773. The summed E-state index contributed by atoms with van der Waals surface area (Å²) < 4.78 is 0. The molecule has 124 valence electrons. The summed E-state index contributed by atoms with van der Waals surface area (Å²) in [4.78, 5) is 18.6. The highest BCUT2D eigenvalue weighted by molar-refractivity contribution is 5.75. The highest BCUT2D eigenvalue weighted by Crippen LogP contribution is 2.56. The van der Waals surface area contributed by atoms with E-state index in [1.54, 1.807) is 0 Å². The van der Waals surface area contributed by atoms with Crippen LogP contribution in [0, 0.1) is 5.92 Å². The molecule has 5 heteroatoms. The molecule has 4 rings (SSSR count). The third kappa shape index (κ3) is 2.70. The smallest absolute Gasteiger partial charge is 0.315 e. The number of hydrogen-bond acceptors (Lipinski definition) is 3. The number of fused-ring (bicyclic) bond motifs is 3. The molecule has 2 N–H and O–H groups in total. The first-order chi connectivity index (χ1) is 11.6. The molecule has 0 saturated heterocycles. The lowest BCUT2D eigenvalue weighted by molar-refractivity contribution is 0.239. The fourth-order valence-electron chi connectivity index (χ4n) is 3.74. The number of hydrogen-bond donors (Lipinski definition) is 2. The van der Waals surface area contributed by atoms with E-state index in [0.717, 1.165) is 17.9 Å². The minimum absolute atomic E-state index is 0.107. The number of nitrogens with one attached hydrogen (secondary N) is 2. The number of carbonyl (C=O) groups is 1. The van der Waals surface area contributed by atoms with E-state index in [-0.39, 0.29) is 12.1 Å². The standard InChI is InChI=1S/C19H22N4O/c1-23(2)16-9-5-7-13(21-16)11-20-19(24)22-18-15-10-12-6-3-4-8-14(12)17(15)18/h3-9,15,17-18H,10-11H2,1-2H3,(H2,20,22,24)/t15-,17-,18-/m1/s1. The number of rotatable bonds is 4. The van der Waals surface area contributed by atoms with Crippen LogP contribution in [0.5, 0.6) is 0 Å². The van der Waals surface area contributed by atoms with Crippen LogP contribution in [0.4, 0.5) is 10.6 Å². The van der Waals surface area contributed by atoms with E-state index in [0.29, 0.717) is 18.4 Å². The van der Waals surface area contributed by atoms with Gasteiger partial charge in [0.05, 0.1) is 12.2 Å². The molecule has 0 bridgehead atoms. The van der Waals surface area contributed by atoms with Crippen LogP contribution < -0.4 is 15.5 Å². The van der Waals surface area contributed by atoms with Crippen molar-refractivity contribution in [1.29, 1.82) is 0 Å². The summed E-state index contributed by atoms with van der Waals surface area (Å²) in [5.41, 5.74) is 3.71. The van der Waals surface area contributed by atoms with Gasteiger partial charge in [-0.3, -0.25) is 0 Å². The average molecular weight is 322 g/mol. The molecule has 1 heterocycles. The van der Waals surface area contributed by atoms with Crippen LogP contribution in [-0.4, -0.2) is 31.2 Å². The van der Waals surface area contributed by atoms with Gasteiger partial charge in [0, 0.05) is 26.1 Å². The van der Waals surface area contributed by atoms with Gasteiger partial charge in [-0.1, -0.05) is 30.3 Å². The molecule has 0 radical (unpaired) electrons.